The third-order valence-electron chi connectivity index (χ3n) is 4.80. The predicted octanol–water partition coefficient (Wildman–Crippen LogP) is 3.36. The highest BCUT2D eigenvalue weighted by Gasteiger charge is 2.22. The number of pyridine rings is 1. The Morgan fingerprint density at radius 3 is 2.56 bits per heavy atom. The van der Waals surface area contributed by atoms with E-state index in [-0.39, 0.29) is 43.7 Å². The van der Waals surface area contributed by atoms with E-state index in [0.717, 1.165) is 11.1 Å². The molecule has 2 aromatic heterocycles. The molecule has 2 heterocycles. The van der Waals surface area contributed by atoms with Gasteiger partial charge in [0.15, 0.2) is 0 Å². The molecule has 0 radical (unpaired) electrons. The minimum absolute atomic E-state index is 0.0230. The molecular formula is C24H26N4O4. The van der Waals surface area contributed by atoms with E-state index >= 15 is 0 Å². The lowest BCUT2D eigenvalue weighted by Gasteiger charge is -2.24. The first kappa shape index (κ1) is 22.7. The maximum absolute atomic E-state index is 13.1. The van der Waals surface area contributed by atoms with E-state index in [1.807, 2.05) is 32.0 Å². The fraction of sp³-hybridized carbons (Fsp3) is 0.250. The van der Waals surface area contributed by atoms with Crippen molar-refractivity contribution < 1.29 is 18.8 Å². The molecule has 0 atom stereocenters. The number of amides is 3. The molecule has 3 amide bonds. The quantitative estimate of drug-likeness (QED) is 0.537. The van der Waals surface area contributed by atoms with Gasteiger partial charge in [-0.1, -0.05) is 18.2 Å². The smallest absolute Gasteiger partial charge is 0.240 e. The van der Waals surface area contributed by atoms with Gasteiger partial charge in [0, 0.05) is 24.7 Å². The van der Waals surface area contributed by atoms with Gasteiger partial charge in [0.05, 0.1) is 12.8 Å². The summed E-state index contributed by atoms with van der Waals surface area (Å²) >= 11 is 0. The number of benzene rings is 1. The summed E-state index contributed by atoms with van der Waals surface area (Å²) in [6.07, 6.45) is 3.04. The van der Waals surface area contributed by atoms with Crippen LogP contribution in [0.25, 0.3) is 0 Å². The summed E-state index contributed by atoms with van der Waals surface area (Å²) in [6.45, 7) is 3.87. The van der Waals surface area contributed by atoms with Crippen LogP contribution in [0.3, 0.4) is 0 Å². The zero-order valence-electron chi connectivity index (χ0n) is 18.1. The second-order valence-electron chi connectivity index (χ2n) is 7.39. The van der Waals surface area contributed by atoms with Crippen molar-refractivity contribution in [3.05, 3.63) is 77.9 Å². The molecule has 3 rings (SSSR count). The molecule has 0 aliphatic heterocycles. The number of anilines is 2. The van der Waals surface area contributed by atoms with Crippen molar-refractivity contribution in [2.45, 2.75) is 33.2 Å². The molecule has 0 aliphatic carbocycles. The van der Waals surface area contributed by atoms with Crippen LogP contribution in [0.4, 0.5) is 11.5 Å². The van der Waals surface area contributed by atoms with Crippen LogP contribution in [-0.2, 0) is 20.9 Å². The normalized spacial score (nSPS) is 10.4. The first-order valence-electron chi connectivity index (χ1n) is 10.3. The maximum atomic E-state index is 13.1. The molecule has 0 bridgehead atoms. The Hall–Kier alpha value is -3.94. The molecule has 0 aliphatic rings. The minimum Gasteiger partial charge on any atom is -0.467 e. The first-order chi connectivity index (χ1) is 15.4. The summed E-state index contributed by atoms with van der Waals surface area (Å²) in [6, 6.07) is 14.4. The van der Waals surface area contributed by atoms with Crippen LogP contribution in [0.15, 0.2) is 65.4 Å². The average Bonchev–Trinajstić information content (AvgIpc) is 3.31. The van der Waals surface area contributed by atoms with Gasteiger partial charge < -0.3 is 20.0 Å². The number of hydrogen-bond acceptors (Lipinski definition) is 5. The number of rotatable bonds is 9. The zero-order chi connectivity index (χ0) is 22.9. The highest BCUT2D eigenvalue weighted by Crippen LogP contribution is 2.23. The van der Waals surface area contributed by atoms with Crippen LogP contribution in [-0.4, -0.2) is 29.3 Å². The Balaban J connectivity index is 1.66. The number of hydrogen-bond donors (Lipinski definition) is 2. The number of carbonyl (C=O) groups excluding carboxylic acids is 3. The van der Waals surface area contributed by atoms with Crippen LogP contribution in [0.5, 0.6) is 0 Å². The molecule has 8 heteroatoms. The van der Waals surface area contributed by atoms with Crippen molar-refractivity contribution in [2.75, 3.05) is 16.8 Å². The van der Waals surface area contributed by atoms with E-state index in [1.165, 1.54) is 11.2 Å². The molecule has 0 fully saturated rings. The molecule has 0 spiro atoms. The number of nitrogens with one attached hydrogen (secondary N) is 2. The Morgan fingerprint density at radius 1 is 1.00 bits per heavy atom. The van der Waals surface area contributed by atoms with Gasteiger partial charge in [0.1, 0.15) is 18.1 Å². The Kier molecular flexibility index (Phi) is 7.75. The summed E-state index contributed by atoms with van der Waals surface area (Å²) in [5.41, 5.74) is 2.47. The van der Waals surface area contributed by atoms with Gasteiger partial charge in [-0.25, -0.2) is 4.98 Å². The molecule has 166 valence electrons. The van der Waals surface area contributed by atoms with E-state index in [0.29, 0.717) is 17.3 Å². The molecule has 0 saturated carbocycles. The van der Waals surface area contributed by atoms with E-state index in [9.17, 15) is 14.4 Å². The van der Waals surface area contributed by atoms with E-state index in [2.05, 4.69) is 15.6 Å². The molecule has 2 N–H and O–H groups in total. The Morgan fingerprint density at radius 2 is 1.84 bits per heavy atom. The highest BCUT2D eigenvalue weighted by atomic mass is 16.3. The SMILES string of the molecule is Cc1ccc(C)c(N(CC(=O)NCc2ccco2)C(=O)CCC(=O)Nc2ccccn2)c1. The van der Waals surface area contributed by atoms with Gasteiger partial charge in [0.25, 0.3) is 0 Å². The fourth-order valence-electron chi connectivity index (χ4n) is 3.11. The van der Waals surface area contributed by atoms with E-state index in [1.54, 1.807) is 36.5 Å². The predicted molar refractivity (Wildman–Crippen MR) is 121 cm³/mol. The third kappa shape index (κ3) is 6.53. The number of nitrogens with zero attached hydrogens (tertiary/aromatic N) is 2. The van der Waals surface area contributed by atoms with Crippen molar-refractivity contribution in [1.82, 2.24) is 10.3 Å². The molecule has 0 saturated heterocycles. The molecular weight excluding hydrogens is 408 g/mol. The topological polar surface area (TPSA) is 105 Å². The summed E-state index contributed by atoms with van der Waals surface area (Å²) in [5, 5.41) is 5.42. The van der Waals surface area contributed by atoms with Crippen LogP contribution in [0.1, 0.15) is 29.7 Å². The second-order valence-corrected chi connectivity index (χ2v) is 7.39. The standard InChI is InChI=1S/C24H26N4O4/c1-17-8-9-18(2)20(14-17)28(16-23(30)26-15-19-6-5-13-32-19)24(31)11-10-22(29)27-21-7-3-4-12-25-21/h3-9,12-14H,10-11,15-16H2,1-2H3,(H,26,30)(H,25,27,29). The van der Waals surface area contributed by atoms with Crippen molar-refractivity contribution in [3.63, 3.8) is 0 Å². The number of furan rings is 1. The van der Waals surface area contributed by atoms with Crippen molar-refractivity contribution in [3.8, 4) is 0 Å². The van der Waals surface area contributed by atoms with Crippen LogP contribution in [0.2, 0.25) is 0 Å². The van der Waals surface area contributed by atoms with Gasteiger partial charge in [-0.15, -0.1) is 0 Å². The molecule has 3 aromatic rings. The number of aromatic nitrogens is 1. The Bertz CT molecular complexity index is 1060. The van der Waals surface area contributed by atoms with Gasteiger partial charge >= 0.3 is 0 Å². The number of carbonyl (C=O) groups is 3. The lowest BCUT2D eigenvalue weighted by atomic mass is 10.1. The summed E-state index contributed by atoms with van der Waals surface area (Å²) < 4.78 is 5.22. The molecule has 1 aromatic carbocycles. The highest BCUT2D eigenvalue weighted by molar-refractivity contribution is 6.01. The van der Waals surface area contributed by atoms with Gasteiger partial charge in [-0.3, -0.25) is 14.4 Å². The van der Waals surface area contributed by atoms with Crippen LogP contribution >= 0.6 is 0 Å². The average molecular weight is 434 g/mol. The van der Waals surface area contributed by atoms with Gasteiger partial charge in [0.2, 0.25) is 17.7 Å². The van der Waals surface area contributed by atoms with Crippen LogP contribution < -0.4 is 15.5 Å². The number of aryl methyl sites for hydroxylation is 2. The molecule has 32 heavy (non-hydrogen) atoms. The van der Waals surface area contributed by atoms with Crippen molar-refractivity contribution >= 4 is 29.2 Å². The monoisotopic (exact) mass is 434 g/mol. The lowest BCUT2D eigenvalue weighted by Crippen LogP contribution is -2.41. The summed E-state index contributed by atoms with van der Waals surface area (Å²) in [4.78, 5) is 43.3. The second kappa shape index (κ2) is 10.9. The zero-order valence-corrected chi connectivity index (χ0v) is 18.1. The lowest BCUT2D eigenvalue weighted by molar-refractivity contribution is -0.125. The van der Waals surface area contributed by atoms with E-state index in [4.69, 9.17) is 4.42 Å². The summed E-state index contributed by atoms with van der Waals surface area (Å²) in [5.74, 6) is 0.0830. The van der Waals surface area contributed by atoms with Gasteiger partial charge in [-0.05, 0) is 55.3 Å². The molecule has 0 unspecified atom stereocenters. The summed E-state index contributed by atoms with van der Waals surface area (Å²) in [7, 11) is 0. The van der Waals surface area contributed by atoms with Crippen LogP contribution in [0, 0.1) is 13.8 Å². The fourth-order valence-corrected chi connectivity index (χ4v) is 3.11. The third-order valence-corrected chi connectivity index (χ3v) is 4.80. The Labute approximate surface area is 186 Å². The van der Waals surface area contributed by atoms with E-state index < -0.39 is 0 Å². The largest absolute Gasteiger partial charge is 0.467 e. The minimum atomic E-state index is -0.325. The first-order valence-corrected chi connectivity index (χ1v) is 10.3. The maximum Gasteiger partial charge on any atom is 0.240 e. The van der Waals surface area contributed by atoms with Gasteiger partial charge in [-0.2, -0.15) is 0 Å². The van der Waals surface area contributed by atoms with Crippen molar-refractivity contribution in [1.29, 1.82) is 0 Å². The van der Waals surface area contributed by atoms with Crippen molar-refractivity contribution in [2.24, 2.45) is 0 Å². The molecule has 8 nitrogen and oxygen atoms in total.